The number of nitrogens with zero attached hydrogens (tertiary/aromatic N) is 4. The summed E-state index contributed by atoms with van der Waals surface area (Å²) in [4.78, 5) is 45.2. The molecule has 0 aromatic rings. The van der Waals surface area contributed by atoms with Crippen LogP contribution in [-0.2, 0) is 14.3 Å². The van der Waals surface area contributed by atoms with E-state index >= 15 is 0 Å². The molecule has 3 aliphatic heterocycles. The third kappa shape index (κ3) is 4.44. The van der Waals surface area contributed by atoms with Crippen LogP contribution < -0.4 is 0 Å². The molecular formula is C20H34N4O5. The maximum absolute atomic E-state index is 13.0. The van der Waals surface area contributed by atoms with Crippen molar-refractivity contribution in [1.29, 1.82) is 0 Å². The number of hydrogen-bond donors (Lipinski definition) is 0. The minimum atomic E-state index is -0.543. The van der Waals surface area contributed by atoms with Crippen molar-refractivity contribution in [2.45, 2.75) is 70.8 Å². The number of esters is 1. The van der Waals surface area contributed by atoms with Gasteiger partial charge in [-0.3, -0.25) is 9.69 Å². The molecule has 0 aromatic heterocycles. The Hall–Kier alpha value is -2.03. The fourth-order valence-electron chi connectivity index (χ4n) is 4.53. The summed E-state index contributed by atoms with van der Waals surface area (Å²) in [5.74, 6) is -0.248. The van der Waals surface area contributed by atoms with Crippen LogP contribution in [0.1, 0.15) is 41.0 Å². The maximum atomic E-state index is 13.0. The number of amides is 3. The molecule has 3 fully saturated rings. The average molecular weight is 411 g/mol. The first-order valence-corrected chi connectivity index (χ1v) is 10.4. The van der Waals surface area contributed by atoms with Gasteiger partial charge in [-0.25, -0.2) is 9.59 Å². The fraction of sp³-hybridized carbons (Fsp3) is 0.850. The molecule has 3 saturated heterocycles. The first kappa shape index (κ1) is 21.7. The second-order valence-electron chi connectivity index (χ2n) is 9.43. The summed E-state index contributed by atoms with van der Waals surface area (Å²) in [6, 6.07) is -0.221. The van der Waals surface area contributed by atoms with Crippen LogP contribution >= 0.6 is 0 Å². The van der Waals surface area contributed by atoms with E-state index in [4.69, 9.17) is 9.47 Å². The lowest BCUT2D eigenvalue weighted by molar-refractivity contribution is -0.146. The predicted molar refractivity (Wildman–Crippen MR) is 106 cm³/mol. The number of hydrogen-bond acceptors (Lipinski definition) is 6. The largest absolute Gasteiger partial charge is 0.468 e. The van der Waals surface area contributed by atoms with Gasteiger partial charge in [0.2, 0.25) is 0 Å². The Labute approximate surface area is 172 Å². The van der Waals surface area contributed by atoms with Gasteiger partial charge in [-0.1, -0.05) is 0 Å². The summed E-state index contributed by atoms with van der Waals surface area (Å²) in [6.07, 6.45) is 0.244. The Kier molecular flexibility index (Phi) is 5.98. The van der Waals surface area contributed by atoms with Crippen LogP contribution in [0.5, 0.6) is 0 Å². The molecule has 9 nitrogen and oxygen atoms in total. The zero-order valence-electron chi connectivity index (χ0n) is 18.4. The van der Waals surface area contributed by atoms with Gasteiger partial charge in [-0.2, -0.15) is 0 Å². The van der Waals surface area contributed by atoms with Crippen LogP contribution in [-0.4, -0.2) is 107 Å². The molecule has 0 spiro atoms. The van der Waals surface area contributed by atoms with E-state index in [9.17, 15) is 14.4 Å². The number of fused-ring (bicyclic) bond motifs is 1. The van der Waals surface area contributed by atoms with Gasteiger partial charge in [0.15, 0.2) is 0 Å². The Morgan fingerprint density at radius 3 is 2.31 bits per heavy atom. The van der Waals surface area contributed by atoms with Crippen LogP contribution in [0.4, 0.5) is 9.59 Å². The Bertz CT molecular complexity index is 662. The first-order valence-electron chi connectivity index (χ1n) is 10.4. The SMILES string of the molecule is COC(=O)[C@@H]1C[C@@H](N2C[C@@H]3CN(C(=O)OC(C)(C)C)CCN3C2=O)CN1C(C)C. The van der Waals surface area contributed by atoms with Gasteiger partial charge in [0, 0.05) is 44.8 Å². The lowest BCUT2D eigenvalue weighted by atomic mass is 10.1. The van der Waals surface area contributed by atoms with Crippen LogP contribution in [0.25, 0.3) is 0 Å². The van der Waals surface area contributed by atoms with Crippen molar-refractivity contribution in [2.75, 3.05) is 39.8 Å². The van der Waals surface area contributed by atoms with Gasteiger partial charge < -0.3 is 24.2 Å². The van der Waals surface area contributed by atoms with E-state index in [0.29, 0.717) is 39.1 Å². The van der Waals surface area contributed by atoms with Crippen LogP contribution in [0.3, 0.4) is 0 Å². The van der Waals surface area contributed by atoms with Crippen LogP contribution in [0.15, 0.2) is 0 Å². The highest BCUT2D eigenvalue weighted by Crippen LogP contribution is 2.30. The molecule has 0 radical (unpaired) electrons. The Morgan fingerprint density at radius 2 is 1.72 bits per heavy atom. The highest BCUT2D eigenvalue weighted by Gasteiger charge is 2.49. The van der Waals surface area contributed by atoms with Crippen molar-refractivity contribution < 1.29 is 23.9 Å². The highest BCUT2D eigenvalue weighted by atomic mass is 16.6. The third-order valence-corrected chi connectivity index (χ3v) is 5.93. The number of urea groups is 1. The van der Waals surface area contributed by atoms with E-state index in [0.717, 1.165) is 0 Å². The summed E-state index contributed by atoms with van der Waals surface area (Å²) in [7, 11) is 1.40. The topological polar surface area (TPSA) is 82.6 Å². The van der Waals surface area contributed by atoms with Crippen molar-refractivity contribution >= 4 is 18.1 Å². The molecule has 0 unspecified atom stereocenters. The molecule has 3 aliphatic rings. The Morgan fingerprint density at radius 1 is 1.03 bits per heavy atom. The van der Waals surface area contributed by atoms with E-state index < -0.39 is 5.60 Å². The number of piperazine rings is 1. The van der Waals surface area contributed by atoms with Gasteiger partial charge in [0.25, 0.3) is 0 Å². The zero-order valence-corrected chi connectivity index (χ0v) is 18.4. The van der Waals surface area contributed by atoms with Crippen molar-refractivity contribution in [3.05, 3.63) is 0 Å². The molecule has 0 aromatic carbocycles. The minimum absolute atomic E-state index is 0.00180. The van der Waals surface area contributed by atoms with E-state index in [-0.39, 0.29) is 42.3 Å². The lowest BCUT2D eigenvalue weighted by Gasteiger charge is -2.37. The van der Waals surface area contributed by atoms with Gasteiger partial charge in [0.05, 0.1) is 13.2 Å². The lowest BCUT2D eigenvalue weighted by Crippen LogP contribution is -2.54. The van der Waals surface area contributed by atoms with E-state index in [1.165, 1.54) is 7.11 Å². The molecule has 29 heavy (non-hydrogen) atoms. The van der Waals surface area contributed by atoms with Crippen molar-refractivity contribution in [1.82, 2.24) is 19.6 Å². The number of rotatable bonds is 3. The normalized spacial score (nSPS) is 28.2. The molecule has 0 aliphatic carbocycles. The number of ether oxygens (including phenoxy) is 2. The average Bonchev–Trinajstić information content (AvgIpc) is 3.21. The molecule has 164 valence electrons. The fourth-order valence-corrected chi connectivity index (χ4v) is 4.53. The molecule has 0 N–H and O–H groups in total. The highest BCUT2D eigenvalue weighted by molar-refractivity contribution is 5.80. The third-order valence-electron chi connectivity index (χ3n) is 5.93. The molecule has 3 atom stereocenters. The molecule has 0 bridgehead atoms. The molecule has 3 rings (SSSR count). The summed E-state index contributed by atoms with van der Waals surface area (Å²) >= 11 is 0. The Balaban J connectivity index is 1.66. The standard InChI is InChI=1S/C20H34N4O5/c1-13(2)23-11-14(9-16(23)17(25)28-6)24-12-15-10-21(7-8-22(15)18(24)26)19(27)29-20(3,4)5/h13-16H,7-12H2,1-6H3/t14-,15+,16+/m1/s1. The predicted octanol–water partition coefficient (Wildman–Crippen LogP) is 1.37. The maximum Gasteiger partial charge on any atom is 0.410 e. The number of likely N-dealkylation sites (tertiary alicyclic amines) is 1. The summed E-state index contributed by atoms with van der Waals surface area (Å²) in [6.45, 7) is 12.3. The van der Waals surface area contributed by atoms with E-state index in [1.54, 1.807) is 4.90 Å². The summed E-state index contributed by atoms with van der Waals surface area (Å²) in [5, 5.41) is 0. The molecular weight excluding hydrogens is 376 g/mol. The second kappa shape index (κ2) is 8.01. The second-order valence-corrected chi connectivity index (χ2v) is 9.43. The van der Waals surface area contributed by atoms with E-state index in [1.807, 2.05) is 44.4 Å². The van der Waals surface area contributed by atoms with Gasteiger partial charge >= 0.3 is 18.1 Å². The number of carbonyl (C=O) groups is 3. The molecule has 9 heteroatoms. The van der Waals surface area contributed by atoms with Gasteiger partial charge in [-0.15, -0.1) is 0 Å². The summed E-state index contributed by atoms with van der Waals surface area (Å²) in [5.41, 5.74) is -0.543. The summed E-state index contributed by atoms with van der Waals surface area (Å²) < 4.78 is 10.5. The molecule has 3 heterocycles. The zero-order chi connectivity index (χ0) is 21.5. The van der Waals surface area contributed by atoms with Crippen molar-refractivity contribution in [2.24, 2.45) is 0 Å². The first-order chi connectivity index (χ1) is 13.5. The quantitative estimate of drug-likeness (QED) is 0.654. The van der Waals surface area contributed by atoms with Crippen molar-refractivity contribution in [3.8, 4) is 0 Å². The molecule has 3 amide bonds. The monoisotopic (exact) mass is 410 g/mol. The van der Waals surface area contributed by atoms with Crippen LogP contribution in [0, 0.1) is 0 Å². The minimum Gasteiger partial charge on any atom is -0.468 e. The van der Waals surface area contributed by atoms with Crippen molar-refractivity contribution in [3.63, 3.8) is 0 Å². The van der Waals surface area contributed by atoms with E-state index in [2.05, 4.69) is 4.90 Å². The molecule has 0 saturated carbocycles. The number of methoxy groups -OCH3 is 1. The van der Waals surface area contributed by atoms with Gasteiger partial charge in [0.1, 0.15) is 11.6 Å². The number of carbonyl (C=O) groups excluding carboxylic acids is 3. The smallest absolute Gasteiger partial charge is 0.410 e. The van der Waals surface area contributed by atoms with Crippen LogP contribution in [0.2, 0.25) is 0 Å². The van der Waals surface area contributed by atoms with Gasteiger partial charge in [-0.05, 0) is 41.0 Å².